The van der Waals surface area contributed by atoms with Crippen molar-refractivity contribution in [3.8, 4) is 11.5 Å². The first-order chi connectivity index (χ1) is 14.2. The van der Waals surface area contributed by atoms with Gasteiger partial charge < -0.3 is 14.4 Å². The van der Waals surface area contributed by atoms with Crippen molar-refractivity contribution in [2.24, 2.45) is 0 Å². The van der Waals surface area contributed by atoms with Gasteiger partial charge >= 0.3 is 0 Å². The highest BCUT2D eigenvalue weighted by molar-refractivity contribution is 7.18. The number of nitrogens with zero attached hydrogens (tertiary/aromatic N) is 2. The molecule has 0 bridgehead atoms. The Balaban J connectivity index is 1.38. The fourth-order valence-corrected chi connectivity index (χ4v) is 5.32. The van der Waals surface area contributed by atoms with E-state index in [9.17, 15) is 4.79 Å². The van der Waals surface area contributed by atoms with Crippen LogP contribution in [-0.2, 0) is 0 Å². The van der Waals surface area contributed by atoms with E-state index in [4.69, 9.17) is 26.1 Å². The monoisotopic (exact) mass is 428 g/mol. The fourth-order valence-electron chi connectivity index (χ4n) is 3.96. The van der Waals surface area contributed by atoms with Gasteiger partial charge in [0.2, 0.25) is 0 Å². The molecule has 0 radical (unpaired) electrons. The highest BCUT2D eigenvalue weighted by Crippen LogP contribution is 2.39. The second-order valence-corrected chi connectivity index (χ2v) is 8.92. The zero-order valence-corrected chi connectivity index (χ0v) is 17.5. The summed E-state index contributed by atoms with van der Waals surface area (Å²) in [6.07, 6.45) is 2.81. The molecule has 2 aliphatic rings. The number of piperidine rings is 1. The number of likely N-dealkylation sites (tertiary alicyclic amines) is 1. The molecule has 7 heteroatoms. The average molecular weight is 429 g/mol. The zero-order valence-electron chi connectivity index (χ0n) is 15.9. The largest absolute Gasteiger partial charge is 0.489 e. The number of carbonyl (C=O) groups excluding carboxylic acids is 1. The molecule has 5 rings (SSSR count). The van der Waals surface area contributed by atoms with Crippen molar-refractivity contribution >= 4 is 39.1 Å². The maximum Gasteiger partial charge on any atom is 0.254 e. The lowest BCUT2D eigenvalue weighted by molar-refractivity contribution is 0.0706. The van der Waals surface area contributed by atoms with Gasteiger partial charge in [-0.2, -0.15) is 0 Å². The number of halogens is 1. The van der Waals surface area contributed by atoms with Gasteiger partial charge in [-0.25, -0.2) is 4.98 Å². The molecule has 1 amide bonds. The van der Waals surface area contributed by atoms with E-state index in [-0.39, 0.29) is 11.8 Å². The number of rotatable bonds is 2. The normalized spacial score (nSPS) is 19.2. The van der Waals surface area contributed by atoms with Gasteiger partial charge in [0, 0.05) is 31.0 Å². The minimum absolute atomic E-state index is 0.0200. The van der Waals surface area contributed by atoms with Crippen LogP contribution in [0.25, 0.3) is 10.2 Å². The molecule has 2 aliphatic heterocycles. The number of hydrogen-bond acceptors (Lipinski definition) is 5. The molecule has 0 aliphatic carbocycles. The summed E-state index contributed by atoms with van der Waals surface area (Å²) >= 11 is 8.12. The lowest BCUT2D eigenvalue weighted by Crippen LogP contribution is -2.39. The van der Waals surface area contributed by atoms with E-state index in [1.165, 1.54) is 4.70 Å². The summed E-state index contributed by atoms with van der Waals surface area (Å²) in [5, 5.41) is 1.54. The van der Waals surface area contributed by atoms with Crippen LogP contribution in [0, 0.1) is 0 Å². The standard InChI is InChI=1S/C22H21ClN2O3S/c23-16-11-15(12-18-20(16)28-10-4-9-27-18)22(26)25-8-3-5-14(13-25)21-24-17-6-1-2-7-19(17)29-21/h1-2,6-7,11-12,14H,3-5,8-10,13H2/t14-/m0/s1. The van der Waals surface area contributed by atoms with Crippen LogP contribution in [-0.4, -0.2) is 42.1 Å². The number of fused-ring (bicyclic) bond motifs is 2. The second-order valence-electron chi connectivity index (χ2n) is 7.45. The van der Waals surface area contributed by atoms with E-state index < -0.39 is 0 Å². The molecule has 2 aromatic carbocycles. The lowest BCUT2D eigenvalue weighted by atomic mass is 9.98. The first-order valence-corrected chi connectivity index (χ1v) is 11.1. The summed E-state index contributed by atoms with van der Waals surface area (Å²) in [5.74, 6) is 1.33. The Morgan fingerprint density at radius 2 is 2.03 bits per heavy atom. The van der Waals surface area contributed by atoms with Crippen LogP contribution in [0.1, 0.15) is 40.5 Å². The average Bonchev–Trinajstić information content (AvgIpc) is 3.04. The summed E-state index contributed by atoms with van der Waals surface area (Å²) in [6.45, 7) is 2.54. The predicted octanol–water partition coefficient (Wildman–Crippen LogP) is 5.13. The van der Waals surface area contributed by atoms with E-state index >= 15 is 0 Å². The molecule has 29 heavy (non-hydrogen) atoms. The summed E-state index contributed by atoms with van der Waals surface area (Å²) in [5.41, 5.74) is 1.58. The number of carbonyl (C=O) groups is 1. The molecule has 0 spiro atoms. The van der Waals surface area contributed by atoms with Crippen molar-refractivity contribution < 1.29 is 14.3 Å². The van der Waals surface area contributed by atoms with Gasteiger partial charge in [-0.15, -0.1) is 11.3 Å². The SMILES string of the molecule is O=C(c1cc(Cl)c2c(c1)OCCCO2)N1CCC[C@H](c2nc3ccccc3s2)C1. The van der Waals surface area contributed by atoms with Crippen LogP contribution < -0.4 is 9.47 Å². The van der Waals surface area contributed by atoms with Crippen LogP contribution in [0.5, 0.6) is 11.5 Å². The Bertz CT molecular complexity index is 1030. The molecule has 0 N–H and O–H groups in total. The first kappa shape index (κ1) is 18.7. The Hall–Kier alpha value is -2.31. The minimum Gasteiger partial charge on any atom is -0.489 e. The summed E-state index contributed by atoms with van der Waals surface area (Å²) in [7, 11) is 0. The van der Waals surface area contributed by atoms with Crippen LogP contribution in [0.4, 0.5) is 0 Å². The number of hydrogen-bond donors (Lipinski definition) is 0. The maximum atomic E-state index is 13.2. The molecular formula is C22H21ClN2O3S. The Morgan fingerprint density at radius 1 is 1.17 bits per heavy atom. The van der Waals surface area contributed by atoms with E-state index in [1.807, 2.05) is 23.1 Å². The third-order valence-electron chi connectivity index (χ3n) is 5.42. The minimum atomic E-state index is -0.0200. The Labute approximate surface area is 178 Å². The lowest BCUT2D eigenvalue weighted by Gasteiger charge is -2.32. The molecule has 0 unspecified atom stereocenters. The Morgan fingerprint density at radius 3 is 2.93 bits per heavy atom. The van der Waals surface area contributed by atoms with Gasteiger partial charge in [-0.1, -0.05) is 23.7 Å². The van der Waals surface area contributed by atoms with Crippen LogP contribution in [0.2, 0.25) is 5.02 Å². The molecule has 3 aromatic rings. The highest BCUT2D eigenvalue weighted by Gasteiger charge is 2.29. The molecule has 1 aromatic heterocycles. The van der Waals surface area contributed by atoms with E-state index in [2.05, 4.69) is 6.07 Å². The third kappa shape index (κ3) is 3.67. The highest BCUT2D eigenvalue weighted by atomic mass is 35.5. The topological polar surface area (TPSA) is 51.7 Å². The fraction of sp³-hybridized carbons (Fsp3) is 0.364. The van der Waals surface area contributed by atoms with E-state index in [0.717, 1.165) is 36.3 Å². The Kier molecular flexibility index (Phi) is 5.06. The number of benzene rings is 2. The van der Waals surface area contributed by atoms with Crippen molar-refractivity contribution in [1.82, 2.24) is 9.88 Å². The maximum absolute atomic E-state index is 13.2. The van der Waals surface area contributed by atoms with Crippen molar-refractivity contribution in [1.29, 1.82) is 0 Å². The van der Waals surface area contributed by atoms with Gasteiger partial charge in [0.05, 0.1) is 33.5 Å². The number of ether oxygens (including phenoxy) is 2. The molecule has 5 nitrogen and oxygen atoms in total. The molecule has 1 fully saturated rings. The predicted molar refractivity (Wildman–Crippen MR) is 115 cm³/mol. The zero-order chi connectivity index (χ0) is 19.8. The summed E-state index contributed by atoms with van der Waals surface area (Å²) in [4.78, 5) is 19.9. The van der Waals surface area contributed by atoms with Gasteiger partial charge in [-0.05, 0) is 37.1 Å². The molecule has 3 heterocycles. The van der Waals surface area contributed by atoms with Crippen molar-refractivity contribution in [3.05, 3.63) is 52.0 Å². The molecular weight excluding hydrogens is 408 g/mol. The van der Waals surface area contributed by atoms with Crippen LogP contribution in [0.3, 0.4) is 0 Å². The smallest absolute Gasteiger partial charge is 0.254 e. The quantitative estimate of drug-likeness (QED) is 0.567. The van der Waals surface area contributed by atoms with Gasteiger partial charge in [0.15, 0.2) is 11.5 Å². The van der Waals surface area contributed by atoms with Crippen molar-refractivity contribution in [2.75, 3.05) is 26.3 Å². The molecule has 1 saturated heterocycles. The van der Waals surface area contributed by atoms with Crippen LogP contribution >= 0.6 is 22.9 Å². The number of aromatic nitrogens is 1. The number of para-hydroxylation sites is 1. The van der Waals surface area contributed by atoms with Gasteiger partial charge in [-0.3, -0.25) is 4.79 Å². The molecule has 150 valence electrons. The van der Waals surface area contributed by atoms with Gasteiger partial charge in [0.25, 0.3) is 5.91 Å². The van der Waals surface area contributed by atoms with Crippen molar-refractivity contribution in [2.45, 2.75) is 25.2 Å². The van der Waals surface area contributed by atoms with E-state index in [1.54, 1.807) is 23.5 Å². The number of amides is 1. The molecule has 0 saturated carbocycles. The molecule has 1 atom stereocenters. The second kappa shape index (κ2) is 7.84. The summed E-state index contributed by atoms with van der Waals surface area (Å²) < 4.78 is 12.6. The summed E-state index contributed by atoms with van der Waals surface area (Å²) in [6, 6.07) is 11.6. The van der Waals surface area contributed by atoms with Crippen LogP contribution in [0.15, 0.2) is 36.4 Å². The van der Waals surface area contributed by atoms with Gasteiger partial charge in [0.1, 0.15) is 0 Å². The van der Waals surface area contributed by atoms with E-state index in [0.29, 0.717) is 41.8 Å². The number of thiazole rings is 1. The van der Waals surface area contributed by atoms with Crippen molar-refractivity contribution in [3.63, 3.8) is 0 Å². The first-order valence-electron chi connectivity index (χ1n) is 9.93. The third-order valence-corrected chi connectivity index (χ3v) is 6.90.